The molecular weight excluding hydrogens is 340 g/mol. The van der Waals surface area contributed by atoms with E-state index in [1.165, 1.54) is 0 Å². The summed E-state index contributed by atoms with van der Waals surface area (Å²) < 4.78 is 16.6. The molecule has 25 heavy (non-hydrogen) atoms. The van der Waals surface area contributed by atoms with Crippen LogP contribution in [0.2, 0.25) is 0 Å². The Morgan fingerprint density at radius 2 is 2.16 bits per heavy atom. The van der Waals surface area contributed by atoms with Crippen LogP contribution in [0, 0.1) is 0 Å². The second-order valence-electron chi connectivity index (χ2n) is 6.15. The molecule has 1 unspecified atom stereocenters. The Balaban J connectivity index is 1.31. The Kier molecular flexibility index (Phi) is 5.09. The molecule has 1 fully saturated rings. The number of likely N-dealkylation sites (N-methyl/N-ethyl adjacent to an activating group) is 1. The fourth-order valence-electron chi connectivity index (χ4n) is 2.97. The summed E-state index contributed by atoms with van der Waals surface area (Å²) >= 11 is 1.75. The Hall–Kier alpha value is -1.77. The molecule has 1 saturated heterocycles. The fourth-order valence-corrected chi connectivity index (χ4v) is 3.84. The molecule has 1 N–H and O–H groups in total. The molecule has 2 aliphatic heterocycles. The van der Waals surface area contributed by atoms with Gasteiger partial charge in [-0.05, 0) is 25.2 Å². The number of nitrogens with zero attached hydrogens (tertiary/aromatic N) is 3. The van der Waals surface area contributed by atoms with Crippen LogP contribution < -0.4 is 14.8 Å². The third kappa shape index (κ3) is 3.91. The number of piperazine rings is 1. The highest BCUT2D eigenvalue weighted by Crippen LogP contribution is 2.34. The number of ether oxygens (including phenoxy) is 2. The van der Waals surface area contributed by atoms with Crippen molar-refractivity contribution in [1.29, 1.82) is 0 Å². The van der Waals surface area contributed by atoms with Crippen molar-refractivity contribution in [2.75, 3.05) is 45.6 Å². The molecule has 4 rings (SSSR count). The van der Waals surface area contributed by atoms with Crippen LogP contribution in [-0.4, -0.2) is 60.7 Å². The van der Waals surface area contributed by atoms with Gasteiger partial charge in [-0.3, -0.25) is 4.90 Å². The average molecular weight is 362 g/mol. The van der Waals surface area contributed by atoms with Gasteiger partial charge in [0.15, 0.2) is 17.3 Å². The molecule has 7 nitrogen and oxygen atoms in total. The Morgan fingerprint density at radius 3 is 3.04 bits per heavy atom. The normalized spacial score (nSPS) is 20.6. The lowest BCUT2D eigenvalue weighted by atomic mass is 10.2. The van der Waals surface area contributed by atoms with Gasteiger partial charge in [0.25, 0.3) is 0 Å². The first-order valence-corrected chi connectivity index (χ1v) is 9.54. The Labute approximate surface area is 151 Å². The fraction of sp³-hybridized carbons (Fsp3) is 0.529. The summed E-state index contributed by atoms with van der Waals surface area (Å²) in [6.45, 7) is 4.08. The minimum absolute atomic E-state index is 0.191. The minimum atomic E-state index is 0.191. The summed E-state index contributed by atoms with van der Waals surface area (Å²) in [7, 11) is 2.10. The zero-order valence-corrected chi connectivity index (χ0v) is 15.1. The third-order valence-electron chi connectivity index (χ3n) is 4.39. The standard InChI is InChI=1S/C17H22N4O3S/c1-21-6-5-18-11-13(21)17-19-16(24-20-17)4-9-25-12-2-3-14-15(10-12)23-8-7-22-14/h2-3,10,13,18H,4-9,11H2,1H3. The summed E-state index contributed by atoms with van der Waals surface area (Å²) in [6.07, 6.45) is 0.746. The van der Waals surface area contributed by atoms with Crippen molar-refractivity contribution in [3.63, 3.8) is 0 Å². The van der Waals surface area contributed by atoms with E-state index in [0.29, 0.717) is 19.1 Å². The maximum absolute atomic E-state index is 5.62. The maximum Gasteiger partial charge on any atom is 0.227 e. The van der Waals surface area contributed by atoms with Crippen molar-refractivity contribution in [1.82, 2.24) is 20.4 Å². The highest BCUT2D eigenvalue weighted by atomic mass is 32.2. The van der Waals surface area contributed by atoms with Crippen LogP contribution in [0.4, 0.5) is 0 Å². The quantitative estimate of drug-likeness (QED) is 0.807. The second-order valence-corrected chi connectivity index (χ2v) is 7.32. The van der Waals surface area contributed by atoms with E-state index in [1.807, 2.05) is 12.1 Å². The van der Waals surface area contributed by atoms with Gasteiger partial charge in [-0.2, -0.15) is 4.98 Å². The highest BCUT2D eigenvalue weighted by Gasteiger charge is 2.25. The first-order chi connectivity index (χ1) is 12.3. The number of hydrogen-bond acceptors (Lipinski definition) is 8. The van der Waals surface area contributed by atoms with Crippen LogP contribution in [0.5, 0.6) is 11.5 Å². The van der Waals surface area contributed by atoms with E-state index in [-0.39, 0.29) is 6.04 Å². The lowest BCUT2D eigenvalue weighted by molar-refractivity contribution is 0.171. The molecule has 1 atom stereocenters. The summed E-state index contributed by atoms with van der Waals surface area (Å²) in [4.78, 5) is 7.98. The van der Waals surface area contributed by atoms with Gasteiger partial charge in [-0.1, -0.05) is 5.16 Å². The Bertz CT molecular complexity index is 724. The van der Waals surface area contributed by atoms with Crippen LogP contribution in [0.15, 0.2) is 27.6 Å². The van der Waals surface area contributed by atoms with Gasteiger partial charge < -0.3 is 19.3 Å². The zero-order chi connectivity index (χ0) is 17.1. The van der Waals surface area contributed by atoms with Crippen LogP contribution in [-0.2, 0) is 6.42 Å². The minimum Gasteiger partial charge on any atom is -0.486 e. The van der Waals surface area contributed by atoms with Gasteiger partial charge in [-0.15, -0.1) is 11.8 Å². The molecule has 1 aromatic carbocycles. The number of rotatable bonds is 5. The number of benzene rings is 1. The van der Waals surface area contributed by atoms with E-state index >= 15 is 0 Å². The lowest BCUT2D eigenvalue weighted by Crippen LogP contribution is -2.44. The van der Waals surface area contributed by atoms with Crippen molar-refractivity contribution in [3.8, 4) is 11.5 Å². The van der Waals surface area contributed by atoms with Crippen LogP contribution in [0.1, 0.15) is 17.8 Å². The molecule has 2 aliphatic rings. The summed E-state index contributed by atoms with van der Waals surface area (Å²) in [5.74, 6) is 3.99. The molecule has 2 aromatic rings. The topological polar surface area (TPSA) is 72.7 Å². The van der Waals surface area contributed by atoms with E-state index in [0.717, 1.165) is 54.0 Å². The van der Waals surface area contributed by atoms with E-state index in [4.69, 9.17) is 14.0 Å². The number of hydrogen-bond donors (Lipinski definition) is 1. The van der Waals surface area contributed by atoms with Crippen molar-refractivity contribution >= 4 is 11.8 Å². The Morgan fingerprint density at radius 1 is 1.28 bits per heavy atom. The zero-order valence-electron chi connectivity index (χ0n) is 14.2. The predicted molar refractivity (Wildman–Crippen MR) is 94.4 cm³/mol. The molecule has 0 saturated carbocycles. The molecular formula is C17H22N4O3S. The largest absolute Gasteiger partial charge is 0.486 e. The van der Waals surface area contributed by atoms with Gasteiger partial charge in [0.1, 0.15) is 13.2 Å². The predicted octanol–water partition coefficient (Wildman–Crippen LogP) is 1.75. The second kappa shape index (κ2) is 7.63. The van der Waals surface area contributed by atoms with E-state index in [9.17, 15) is 0 Å². The first kappa shape index (κ1) is 16.7. The van der Waals surface area contributed by atoms with Gasteiger partial charge in [-0.25, -0.2) is 0 Å². The molecule has 3 heterocycles. The van der Waals surface area contributed by atoms with Crippen molar-refractivity contribution in [3.05, 3.63) is 29.9 Å². The molecule has 0 radical (unpaired) electrons. The molecule has 134 valence electrons. The number of aromatic nitrogens is 2. The van der Waals surface area contributed by atoms with Crippen LogP contribution in [0.25, 0.3) is 0 Å². The molecule has 0 aliphatic carbocycles. The molecule has 0 bridgehead atoms. The van der Waals surface area contributed by atoms with Gasteiger partial charge in [0.05, 0.1) is 6.04 Å². The average Bonchev–Trinajstić information content (AvgIpc) is 3.11. The molecule has 0 spiro atoms. The smallest absolute Gasteiger partial charge is 0.227 e. The molecule has 1 aromatic heterocycles. The van der Waals surface area contributed by atoms with Crippen molar-refractivity contribution < 1.29 is 14.0 Å². The lowest BCUT2D eigenvalue weighted by Gasteiger charge is -2.30. The van der Waals surface area contributed by atoms with Gasteiger partial charge in [0, 0.05) is 36.7 Å². The molecule has 8 heteroatoms. The van der Waals surface area contributed by atoms with Crippen LogP contribution >= 0.6 is 11.8 Å². The van der Waals surface area contributed by atoms with Crippen molar-refractivity contribution in [2.45, 2.75) is 17.4 Å². The summed E-state index contributed by atoms with van der Waals surface area (Å²) in [5.41, 5.74) is 0. The van der Waals surface area contributed by atoms with Crippen molar-refractivity contribution in [2.24, 2.45) is 0 Å². The third-order valence-corrected chi connectivity index (χ3v) is 5.39. The van der Waals surface area contributed by atoms with E-state index in [1.54, 1.807) is 11.8 Å². The number of fused-ring (bicyclic) bond motifs is 1. The van der Waals surface area contributed by atoms with E-state index in [2.05, 4.69) is 33.5 Å². The summed E-state index contributed by atoms with van der Waals surface area (Å²) in [6, 6.07) is 6.24. The number of nitrogens with one attached hydrogen (secondary N) is 1. The number of thioether (sulfide) groups is 1. The number of aryl methyl sites for hydroxylation is 1. The molecule has 0 amide bonds. The van der Waals surface area contributed by atoms with E-state index < -0.39 is 0 Å². The monoisotopic (exact) mass is 362 g/mol. The van der Waals surface area contributed by atoms with Gasteiger partial charge in [0.2, 0.25) is 5.89 Å². The first-order valence-electron chi connectivity index (χ1n) is 8.55. The maximum atomic E-state index is 5.62. The van der Waals surface area contributed by atoms with Crippen LogP contribution in [0.3, 0.4) is 0 Å². The van der Waals surface area contributed by atoms with Gasteiger partial charge >= 0.3 is 0 Å². The SMILES string of the molecule is CN1CCNCC1c1noc(CCSc2ccc3c(c2)OCCO3)n1. The summed E-state index contributed by atoms with van der Waals surface area (Å²) in [5, 5.41) is 7.53. The highest BCUT2D eigenvalue weighted by molar-refractivity contribution is 7.99.